The molecular formula is C6H3BrF+. The van der Waals surface area contributed by atoms with Crippen LogP contribution in [-0.4, -0.2) is 0 Å². The first kappa shape index (κ1) is 5.67. The zero-order chi connectivity index (χ0) is 5.98. The lowest BCUT2D eigenvalue weighted by atomic mass is 10.3. The van der Waals surface area contributed by atoms with Gasteiger partial charge in [0.1, 0.15) is 6.08 Å². The highest BCUT2D eigenvalue weighted by Crippen LogP contribution is 2.20. The van der Waals surface area contributed by atoms with Gasteiger partial charge in [-0.1, -0.05) is 0 Å². The molecule has 0 heterocycles. The highest BCUT2D eigenvalue weighted by atomic mass is 79.9. The summed E-state index contributed by atoms with van der Waals surface area (Å²) in [6.45, 7) is 0. The normalized spacial score (nSPS) is 16.8. The van der Waals surface area contributed by atoms with Crippen LogP contribution in [0.3, 0.4) is 0 Å². The molecule has 8 heavy (non-hydrogen) atoms. The van der Waals surface area contributed by atoms with Crippen molar-refractivity contribution in [2.45, 2.75) is 0 Å². The standard InChI is InChI=1S/C6H3BrF/c7-5-3-1-2-4-6(5)8/h1-3H/q+1. The molecule has 0 nitrogen and oxygen atoms in total. The van der Waals surface area contributed by atoms with E-state index >= 15 is 0 Å². The maximum Gasteiger partial charge on any atom is 0.299 e. The molecule has 0 fully saturated rings. The van der Waals surface area contributed by atoms with Gasteiger partial charge in [0.2, 0.25) is 0 Å². The van der Waals surface area contributed by atoms with E-state index in [9.17, 15) is 4.39 Å². The van der Waals surface area contributed by atoms with Crippen molar-refractivity contribution in [3.05, 3.63) is 34.6 Å². The molecule has 0 bridgehead atoms. The quantitative estimate of drug-likeness (QED) is 0.495. The molecule has 0 radical (unpaired) electrons. The summed E-state index contributed by atoms with van der Waals surface area (Å²) in [5.41, 5.74) is 0. The topological polar surface area (TPSA) is 0 Å². The summed E-state index contributed by atoms with van der Waals surface area (Å²) in [5.74, 6) is -0.340. The summed E-state index contributed by atoms with van der Waals surface area (Å²) in [6.07, 6.45) is 7.26. The van der Waals surface area contributed by atoms with E-state index in [4.69, 9.17) is 0 Å². The second kappa shape index (κ2) is 2.21. The van der Waals surface area contributed by atoms with Crippen molar-refractivity contribution >= 4 is 15.9 Å². The van der Waals surface area contributed by atoms with Crippen LogP contribution in [0, 0.1) is 6.08 Å². The summed E-state index contributed by atoms with van der Waals surface area (Å²) in [7, 11) is 0. The molecule has 0 aromatic rings. The number of allylic oxidation sites excluding steroid dienone is 6. The second-order valence-electron chi connectivity index (χ2n) is 1.33. The van der Waals surface area contributed by atoms with E-state index in [0.717, 1.165) is 0 Å². The fraction of sp³-hybridized carbons (Fsp3) is 0. The summed E-state index contributed by atoms with van der Waals surface area (Å²) in [4.78, 5) is 0. The molecule has 0 aliphatic heterocycles. The molecule has 1 aliphatic rings. The third-order valence-corrected chi connectivity index (χ3v) is 1.37. The molecule has 0 atom stereocenters. The molecule has 0 unspecified atom stereocenters. The Morgan fingerprint density at radius 1 is 1.62 bits per heavy atom. The molecule has 40 valence electrons. The van der Waals surface area contributed by atoms with Crippen LogP contribution in [0.5, 0.6) is 0 Å². The van der Waals surface area contributed by atoms with Gasteiger partial charge in [0.25, 0.3) is 5.83 Å². The first-order valence-corrected chi connectivity index (χ1v) is 2.91. The average Bonchev–Trinajstić information content (AvgIpc) is 1.77. The van der Waals surface area contributed by atoms with Gasteiger partial charge in [0.05, 0.1) is 12.2 Å². The van der Waals surface area contributed by atoms with Gasteiger partial charge in [0.15, 0.2) is 4.48 Å². The minimum Gasteiger partial charge on any atom is -0.163 e. The van der Waals surface area contributed by atoms with Crippen molar-refractivity contribution in [1.29, 1.82) is 0 Å². The van der Waals surface area contributed by atoms with Gasteiger partial charge in [-0.3, -0.25) is 0 Å². The van der Waals surface area contributed by atoms with Crippen molar-refractivity contribution in [2.75, 3.05) is 0 Å². The molecule has 0 saturated heterocycles. The van der Waals surface area contributed by atoms with Gasteiger partial charge >= 0.3 is 0 Å². The Labute approximate surface area is 55.5 Å². The SMILES string of the molecule is FC1=[C+]C=CC=C1Br. The highest BCUT2D eigenvalue weighted by molar-refractivity contribution is 9.11. The molecule has 1 aliphatic carbocycles. The van der Waals surface area contributed by atoms with E-state index in [1.165, 1.54) is 6.08 Å². The summed E-state index contributed by atoms with van der Waals surface area (Å²) in [6, 6.07) is 0. The van der Waals surface area contributed by atoms with Crippen LogP contribution in [-0.2, 0) is 0 Å². The van der Waals surface area contributed by atoms with Crippen molar-refractivity contribution in [3.8, 4) is 0 Å². The predicted molar refractivity (Wildman–Crippen MR) is 34.0 cm³/mol. The Balaban J connectivity index is 2.93. The maximum atomic E-state index is 12.2. The van der Waals surface area contributed by atoms with E-state index in [1.807, 2.05) is 0 Å². The Kier molecular flexibility index (Phi) is 1.56. The Morgan fingerprint density at radius 3 is 2.75 bits per heavy atom. The summed E-state index contributed by atoms with van der Waals surface area (Å²) in [5, 5.41) is 0. The molecule has 0 spiro atoms. The van der Waals surface area contributed by atoms with Gasteiger partial charge in [-0.25, -0.2) is 0 Å². The van der Waals surface area contributed by atoms with Gasteiger partial charge in [-0.15, -0.1) is 0 Å². The zero-order valence-corrected chi connectivity index (χ0v) is 5.57. The van der Waals surface area contributed by atoms with Crippen LogP contribution in [0.2, 0.25) is 0 Å². The molecule has 0 N–H and O–H groups in total. The highest BCUT2D eigenvalue weighted by Gasteiger charge is 2.10. The van der Waals surface area contributed by atoms with Crippen molar-refractivity contribution < 1.29 is 4.39 Å². The molecule has 0 aromatic carbocycles. The number of halogens is 2. The summed E-state index contributed by atoms with van der Waals surface area (Å²) >= 11 is 2.99. The van der Waals surface area contributed by atoms with Gasteiger partial charge < -0.3 is 0 Å². The van der Waals surface area contributed by atoms with Crippen LogP contribution >= 0.6 is 15.9 Å². The van der Waals surface area contributed by atoms with Crippen LogP contribution in [0.4, 0.5) is 4.39 Å². The average molecular weight is 174 g/mol. The predicted octanol–water partition coefficient (Wildman–Crippen LogP) is 2.49. The lowest BCUT2D eigenvalue weighted by Crippen LogP contribution is -1.75. The fourth-order valence-electron chi connectivity index (χ4n) is 0.396. The van der Waals surface area contributed by atoms with Gasteiger partial charge in [-0.2, -0.15) is 4.39 Å². The molecule has 0 aromatic heterocycles. The van der Waals surface area contributed by atoms with E-state index < -0.39 is 0 Å². The number of hydrogen-bond donors (Lipinski definition) is 0. The summed E-state index contributed by atoms with van der Waals surface area (Å²) < 4.78 is 12.7. The first-order chi connectivity index (χ1) is 3.80. The number of rotatable bonds is 0. The van der Waals surface area contributed by atoms with E-state index in [0.29, 0.717) is 4.48 Å². The van der Waals surface area contributed by atoms with Gasteiger partial charge in [-0.05, 0) is 0 Å². The van der Waals surface area contributed by atoms with E-state index in [1.54, 1.807) is 12.2 Å². The van der Waals surface area contributed by atoms with E-state index in [-0.39, 0.29) is 5.83 Å². The minimum absolute atomic E-state index is 0.340. The lowest BCUT2D eigenvalue weighted by molar-refractivity contribution is 0.659. The van der Waals surface area contributed by atoms with Crippen molar-refractivity contribution in [2.24, 2.45) is 0 Å². The zero-order valence-electron chi connectivity index (χ0n) is 3.99. The minimum atomic E-state index is -0.340. The molecular weight excluding hydrogens is 171 g/mol. The smallest absolute Gasteiger partial charge is 0.163 e. The Bertz CT molecular complexity index is 157. The van der Waals surface area contributed by atoms with Crippen LogP contribution in [0.25, 0.3) is 0 Å². The molecule has 1 rings (SSSR count). The van der Waals surface area contributed by atoms with Crippen LogP contribution in [0.1, 0.15) is 0 Å². The largest absolute Gasteiger partial charge is 0.299 e. The Morgan fingerprint density at radius 2 is 2.38 bits per heavy atom. The lowest BCUT2D eigenvalue weighted by Gasteiger charge is -1.82. The molecule has 2 heteroatoms. The van der Waals surface area contributed by atoms with Crippen molar-refractivity contribution in [1.82, 2.24) is 0 Å². The molecule has 0 saturated carbocycles. The maximum absolute atomic E-state index is 12.2. The third-order valence-electron chi connectivity index (χ3n) is 0.759. The van der Waals surface area contributed by atoms with E-state index in [2.05, 4.69) is 22.0 Å². The first-order valence-electron chi connectivity index (χ1n) is 2.12. The van der Waals surface area contributed by atoms with Gasteiger partial charge in [0, 0.05) is 22.0 Å². The second-order valence-corrected chi connectivity index (χ2v) is 2.19. The van der Waals surface area contributed by atoms with Crippen LogP contribution in [0.15, 0.2) is 28.5 Å². The Hall–Kier alpha value is -0.460. The monoisotopic (exact) mass is 173 g/mol. The third kappa shape index (κ3) is 1.03. The van der Waals surface area contributed by atoms with Crippen molar-refractivity contribution in [3.63, 3.8) is 0 Å². The fourth-order valence-corrected chi connectivity index (χ4v) is 0.663. The van der Waals surface area contributed by atoms with Crippen LogP contribution < -0.4 is 0 Å². The number of hydrogen-bond acceptors (Lipinski definition) is 0. The molecule has 0 amide bonds.